The molecule has 0 unspecified atom stereocenters. The molecule has 1 heteroatoms. The normalized spacial score (nSPS) is 10.5. The highest BCUT2D eigenvalue weighted by Gasteiger charge is 2.08. The van der Waals surface area contributed by atoms with E-state index in [1.165, 1.54) is 27.8 Å². The maximum absolute atomic E-state index is 3.72. The second kappa shape index (κ2) is 5.64. The van der Waals surface area contributed by atoms with Crippen LogP contribution in [0.25, 0.3) is 22.3 Å². The van der Waals surface area contributed by atoms with Crippen LogP contribution >= 0.6 is 15.9 Å². The van der Waals surface area contributed by atoms with Crippen LogP contribution in [0.3, 0.4) is 0 Å². The first-order valence-electron chi connectivity index (χ1n) is 6.67. The first-order chi connectivity index (χ1) is 9.75. The van der Waals surface area contributed by atoms with Crippen molar-refractivity contribution in [3.63, 3.8) is 0 Å². The Hall–Kier alpha value is -1.86. The maximum atomic E-state index is 3.72. The second-order valence-electron chi connectivity index (χ2n) is 4.88. The zero-order valence-corrected chi connectivity index (χ0v) is 12.9. The highest BCUT2D eigenvalue weighted by atomic mass is 79.9. The summed E-state index contributed by atoms with van der Waals surface area (Å²) in [5.74, 6) is 0. The third-order valence-corrected chi connectivity index (χ3v) is 4.14. The molecule has 0 nitrogen and oxygen atoms in total. The molecule has 0 fully saturated rings. The number of rotatable bonds is 2. The van der Waals surface area contributed by atoms with E-state index in [1.807, 2.05) is 12.1 Å². The highest BCUT2D eigenvalue weighted by molar-refractivity contribution is 9.10. The van der Waals surface area contributed by atoms with Crippen LogP contribution in [0.4, 0.5) is 0 Å². The average Bonchev–Trinajstić information content (AvgIpc) is 2.51. The Labute approximate surface area is 128 Å². The molecule has 0 radical (unpaired) electrons. The van der Waals surface area contributed by atoms with Gasteiger partial charge >= 0.3 is 0 Å². The molecule has 0 aromatic heterocycles. The van der Waals surface area contributed by atoms with Crippen molar-refractivity contribution in [3.05, 3.63) is 82.8 Å². The number of benzene rings is 3. The molecule has 3 aromatic carbocycles. The second-order valence-corrected chi connectivity index (χ2v) is 5.73. The van der Waals surface area contributed by atoms with Crippen molar-refractivity contribution in [1.82, 2.24) is 0 Å². The van der Waals surface area contributed by atoms with Gasteiger partial charge in [-0.1, -0.05) is 76.6 Å². The van der Waals surface area contributed by atoms with Crippen LogP contribution in [-0.4, -0.2) is 0 Å². The molecule has 3 rings (SSSR count). The van der Waals surface area contributed by atoms with Gasteiger partial charge in [-0.2, -0.15) is 0 Å². The highest BCUT2D eigenvalue weighted by Crippen LogP contribution is 2.34. The fourth-order valence-electron chi connectivity index (χ4n) is 2.45. The van der Waals surface area contributed by atoms with E-state index in [2.05, 4.69) is 83.5 Å². The Morgan fingerprint density at radius 3 is 1.70 bits per heavy atom. The van der Waals surface area contributed by atoms with Crippen molar-refractivity contribution in [2.24, 2.45) is 0 Å². The Bertz CT molecular complexity index is 650. The molecule has 0 bridgehead atoms. The largest absolute Gasteiger partial charge is 0.0622 e. The van der Waals surface area contributed by atoms with Crippen LogP contribution in [0, 0.1) is 6.92 Å². The first kappa shape index (κ1) is 13.1. The predicted molar refractivity (Wildman–Crippen MR) is 89.8 cm³/mol. The van der Waals surface area contributed by atoms with E-state index in [4.69, 9.17) is 0 Å². The molecule has 0 spiro atoms. The monoisotopic (exact) mass is 322 g/mol. The Kier molecular flexibility index (Phi) is 3.70. The van der Waals surface area contributed by atoms with Crippen LogP contribution in [0.15, 0.2) is 77.3 Å². The molecular formula is C19H15Br. The van der Waals surface area contributed by atoms with E-state index in [1.54, 1.807) is 0 Å². The summed E-state index contributed by atoms with van der Waals surface area (Å²) in [5.41, 5.74) is 6.30. The van der Waals surface area contributed by atoms with Crippen molar-refractivity contribution in [2.75, 3.05) is 0 Å². The summed E-state index contributed by atoms with van der Waals surface area (Å²) in [4.78, 5) is 0. The molecule has 0 aliphatic carbocycles. The van der Waals surface area contributed by atoms with Crippen molar-refractivity contribution in [3.8, 4) is 22.3 Å². The van der Waals surface area contributed by atoms with Gasteiger partial charge in [-0.05, 0) is 46.9 Å². The molecule has 0 saturated heterocycles. The van der Waals surface area contributed by atoms with E-state index in [0.29, 0.717) is 0 Å². The van der Waals surface area contributed by atoms with Crippen LogP contribution in [0.2, 0.25) is 0 Å². The number of hydrogen-bond donors (Lipinski definition) is 0. The lowest BCUT2D eigenvalue weighted by molar-refractivity contribution is 1.44. The molecule has 0 aliphatic rings. The quantitative estimate of drug-likeness (QED) is 0.535. The molecule has 3 aromatic rings. The third-order valence-electron chi connectivity index (χ3n) is 3.48. The molecular weight excluding hydrogens is 308 g/mol. The van der Waals surface area contributed by atoms with Gasteiger partial charge in [0.25, 0.3) is 0 Å². The molecule has 0 heterocycles. The van der Waals surface area contributed by atoms with Gasteiger partial charge in [0, 0.05) is 4.47 Å². The lowest BCUT2D eigenvalue weighted by Gasteiger charge is -2.12. The van der Waals surface area contributed by atoms with Crippen molar-refractivity contribution >= 4 is 15.9 Å². The van der Waals surface area contributed by atoms with E-state index in [-0.39, 0.29) is 0 Å². The van der Waals surface area contributed by atoms with Crippen LogP contribution in [0.1, 0.15) is 5.56 Å². The Morgan fingerprint density at radius 1 is 0.650 bits per heavy atom. The molecule has 0 saturated carbocycles. The minimum Gasteiger partial charge on any atom is -0.0622 e. The van der Waals surface area contributed by atoms with E-state index in [9.17, 15) is 0 Å². The van der Waals surface area contributed by atoms with E-state index in [0.717, 1.165) is 4.47 Å². The van der Waals surface area contributed by atoms with Crippen LogP contribution < -0.4 is 0 Å². The summed E-state index contributed by atoms with van der Waals surface area (Å²) in [7, 11) is 0. The maximum Gasteiger partial charge on any atom is 0.0260 e. The predicted octanol–water partition coefficient (Wildman–Crippen LogP) is 6.09. The molecule has 0 atom stereocenters. The van der Waals surface area contributed by atoms with Crippen molar-refractivity contribution in [2.45, 2.75) is 6.92 Å². The first-order valence-corrected chi connectivity index (χ1v) is 7.46. The number of halogens is 1. The number of aryl methyl sites for hydroxylation is 1. The smallest absolute Gasteiger partial charge is 0.0260 e. The minimum absolute atomic E-state index is 1.13. The van der Waals surface area contributed by atoms with Gasteiger partial charge in [0.2, 0.25) is 0 Å². The fraction of sp³-hybridized carbons (Fsp3) is 0.0526. The summed E-state index contributed by atoms with van der Waals surface area (Å²) in [5, 5.41) is 0. The lowest BCUT2D eigenvalue weighted by Crippen LogP contribution is -1.87. The van der Waals surface area contributed by atoms with Gasteiger partial charge in [-0.3, -0.25) is 0 Å². The minimum atomic E-state index is 1.13. The Morgan fingerprint density at radius 2 is 1.15 bits per heavy atom. The summed E-state index contributed by atoms with van der Waals surface area (Å²) in [6.45, 7) is 2.17. The SMILES string of the molecule is Cc1cc(-c2ccccc2)c(Br)cc1-c1ccccc1. The molecule has 0 aliphatic heterocycles. The Balaban J connectivity index is 2.13. The summed E-state index contributed by atoms with van der Waals surface area (Å²) >= 11 is 3.72. The summed E-state index contributed by atoms with van der Waals surface area (Å²) < 4.78 is 1.13. The standard InChI is InChI=1S/C19H15Br/c1-14-12-18(16-10-6-3-7-11-16)19(20)13-17(14)15-8-4-2-5-9-15/h2-13H,1H3. The van der Waals surface area contributed by atoms with Gasteiger partial charge < -0.3 is 0 Å². The zero-order valence-electron chi connectivity index (χ0n) is 11.3. The summed E-state index contributed by atoms with van der Waals surface area (Å²) in [6.07, 6.45) is 0. The van der Waals surface area contributed by atoms with Gasteiger partial charge in [0.1, 0.15) is 0 Å². The van der Waals surface area contributed by atoms with Gasteiger partial charge in [0.05, 0.1) is 0 Å². The molecule has 98 valence electrons. The molecule has 0 amide bonds. The molecule has 0 N–H and O–H groups in total. The zero-order chi connectivity index (χ0) is 13.9. The van der Waals surface area contributed by atoms with Crippen LogP contribution in [-0.2, 0) is 0 Å². The fourth-order valence-corrected chi connectivity index (χ4v) is 3.02. The van der Waals surface area contributed by atoms with E-state index < -0.39 is 0 Å². The van der Waals surface area contributed by atoms with Gasteiger partial charge in [0.15, 0.2) is 0 Å². The van der Waals surface area contributed by atoms with Gasteiger partial charge in [-0.15, -0.1) is 0 Å². The van der Waals surface area contributed by atoms with E-state index >= 15 is 0 Å². The molecule has 20 heavy (non-hydrogen) atoms. The summed E-state index contributed by atoms with van der Waals surface area (Å²) in [6, 6.07) is 25.4. The third kappa shape index (κ3) is 2.54. The number of hydrogen-bond acceptors (Lipinski definition) is 0. The average molecular weight is 323 g/mol. The van der Waals surface area contributed by atoms with Gasteiger partial charge in [-0.25, -0.2) is 0 Å². The van der Waals surface area contributed by atoms with Crippen molar-refractivity contribution in [1.29, 1.82) is 0 Å². The van der Waals surface area contributed by atoms with Crippen LogP contribution in [0.5, 0.6) is 0 Å². The topological polar surface area (TPSA) is 0 Å². The lowest BCUT2D eigenvalue weighted by atomic mass is 9.96. The van der Waals surface area contributed by atoms with Crippen molar-refractivity contribution < 1.29 is 0 Å².